The van der Waals surface area contributed by atoms with E-state index in [2.05, 4.69) is 36.9 Å². The van der Waals surface area contributed by atoms with Crippen LogP contribution in [-0.4, -0.2) is 45.5 Å². The first-order valence-corrected chi connectivity index (χ1v) is 9.83. The number of hydrogen-bond acceptors (Lipinski definition) is 4. The Kier molecular flexibility index (Phi) is 5.01. The zero-order chi connectivity index (χ0) is 18.0. The molecule has 0 amide bonds. The molecule has 2 aromatic carbocycles. The predicted molar refractivity (Wildman–Crippen MR) is 99.7 cm³/mol. The van der Waals surface area contributed by atoms with Crippen molar-refractivity contribution in [3.63, 3.8) is 0 Å². The highest BCUT2D eigenvalue weighted by molar-refractivity contribution is 7.89. The minimum atomic E-state index is -3.48. The van der Waals surface area contributed by atoms with Crippen molar-refractivity contribution in [1.29, 1.82) is 0 Å². The van der Waals surface area contributed by atoms with E-state index in [9.17, 15) is 8.42 Å². The van der Waals surface area contributed by atoms with Crippen molar-refractivity contribution in [2.24, 2.45) is 0 Å². The number of piperazine rings is 1. The Morgan fingerprint density at radius 2 is 1.80 bits per heavy atom. The summed E-state index contributed by atoms with van der Waals surface area (Å²) < 4.78 is 32.5. The van der Waals surface area contributed by atoms with Gasteiger partial charge in [0.15, 0.2) is 0 Å². The summed E-state index contributed by atoms with van der Waals surface area (Å²) in [6.45, 7) is 5.77. The fourth-order valence-corrected chi connectivity index (χ4v) is 4.74. The number of sulfonamides is 1. The molecule has 0 saturated carbocycles. The summed E-state index contributed by atoms with van der Waals surface area (Å²) in [5, 5.41) is 0. The molecule has 0 bridgehead atoms. The molecular weight excluding hydrogens is 336 g/mol. The molecule has 0 N–H and O–H groups in total. The maximum absolute atomic E-state index is 12.9. The van der Waals surface area contributed by atoms with Gasteiger partial charge in [-0.15, -0.1) is 0 Å². The average Bonchev–Trinajstić information content (AvgIpc) is 2.61. The lowest BCUT2D eigenvalue weighted by atomic mass is 10.1. The smallest absolute Gasteiger partial charge is 0.243 e. The molecule has 1 aliphatic rings. The minimum absolute atomic E-state index is 0.114. The first-order chi connectivity index (χ1) is 11.9. The molecule has 1 atom stereocenters. The van der Waals surface area contributed by atoms with Crippen molar-refractivity contribution < 1.29 is 13.2 Å². The van der Waals surface area contributed by atoms with Gasteiger partial charge in [-0.3, -0.25) is 0 Å². The lowest BCUT2D eigenvalue weighted by molar-refractivity contribution is 0.342. The molecule has 1 heterocycles. The molecule has 5 nitrogen and oxygen atoms in total. The van der Waals surface area contributed by atoms with Gasteiger partial charge in [0, 0.05) is 31.4 Å². The number of anilines is 1. The van der Waals surface area contributed by atoms with Gasteiger partial charge in [-0.2, -0.15) is 4.31 Å². The summed E-state index contributed by atoms with van der Waals surface area (Å²) in [6.07, 6.45) is 0. The van der Waals surface area contributed by atoms with Crippen molar-refractivity contribution in [3.8, 4) is 5.75 Å². The van der Waals surface area contributed by atoms with E-state index >= 15 is 0 Å². The van der Waals surface area contributed by atoms with E-state index < -0.39 is 10.0 Å². The summed E-state index contributed by atoms with van der Waals surface area (Å²) >= 11 is 0. The first kappa shape index (κ1) is 17.8. The van der Waals surface area contributed by atoms with Crippen LogP contribution in [0.5, 0.6) is 5.75 Å². The van der Waals surface area contributed by atoms with Gasteiger partial charge in [-0.1, -0.05) is 12.1 Å². The fraction of sp³-hybridized carbons (Fsp3) is 0.368. The molecular formula is C19H24N2O3S. The van der Waals surface area contributed by atoms with E-state index in [1.807, 2.05) is 6.07 Å². The standard InChI is InChI=1S/C19H24N2O3S/c1-15-5-4-6-17(13-15)21-12-11-20(14-16(21)2)25(22,23)19-9-7-18(24-3)8-10-19/h4-10,13,16H,11-12,14H2,1-3H3. The summed E-state index contributed by atoms with van der Waals surface area (Å²) in [6, 6.07) is 15.0. The van der Waals surface area contributed by atoms with Crippen LogP contribution in [0.2, 0.25) is 0 Å². The molecule has 0 spiro atoms. The van der Waals surface area contributed by atoms with Crippen molar-refractivity contribution in [2.45, 2.75) is 24.8 Å². The third-order valence-corrected chi connectivity index (χ3v) is 6.50. The zero-order valence-electron chi connectivity index (χ0n) is 14.8. The molecule has 1 aliphatic heterocycles. The summed E-state index contributed by atoms with van der Waals surface area (Å²) in [5.74, 6) is 0.650. The molecule has 1 fully saturated rings. The molecule has 2 aromatic rings. The Labute approximate surface area is 149 Å². The predicted octanol–water partition coefficient (Wildman–Crippen LogP) is 2.90. The molecule has 0 aliphatic carbocycles. The van der Waals surface area contributed by atoms with Gasteiger partial charge in [0.2, 0.25) is 10.0 Å². The van der Waals surface area contributed by atoms with Crippen LogP contribution in [0.3, 0.4) is 0 Å². The number of benzene rings is 2. The lowest BCUT2D eigenvalue weighted by Crippen LogP contribution is -2.53. The zero-order valence-corrected chi connectivity index (χ0v) is 15.7. The summed E-state index contributed by atoms with van der Waals surface area (Å²) in [7, 11) is -1.92. The fourth-order valence-electron chi connectivity index (χ4n) is 3.23. The van der Waals surface area contributed by atoms with Crippen molar-refractivity contribution in [3.05, 3.63) is 54.1 Å². The highest BCUT2D eigenvalue weighted by Crippen LogP contribution is 2.26. The van der Waals surface area contributed by atoms with Crippen LogP contribution in [-0.2, 0) is 10.0 Å². The van der Waals surface area contributed by atoms with Crippen LogP contribution in [0.15, 0.2) is 53.4 Å². The SMILES string of the molecule is COc1ccc(S(=O)(=O)N2CCN(c3cccc(C)c3)C(C)C2)cc1. The van der Waals surface area contributed by atoms with Gasteiger partial charge in [0.25, 0.3) is 0 Å². The van der Waals surface area contributed by atoms with Crippen LogP contribution >= 0.6 is 0 Å². The summed E-state index contributed by atoms with van der Waals surface area (Å²) in [4.78, 5) is 2.58. The van der Waals surface area contributed by atoms with Crippen LogP contribution in [0, 0.1) is 6.92 Å². The first-order valence-electron chi connectivity index (χ1n) is 8.39. The highest BCUT2D eigenvalue weighted by Gasteiger charge is 2.32. The second kappa shape index (κ2) is 7.06. The van der Waals surface area contributed by atoms with E-state index in [4.69, 9.17) is 4.74 Å². The molecule has 3 rings (SSSR count). The van der Waals surface area contributed by atoms with E-state index in [0.29, 0.717) is 30.3 Å². The molecule has 25 heavy (non-hydrogen) atoms. The topological polar surface area (TPSA) is 49.9 Å². The Hall–Kier alpha value is -2.05. The number of nitrogens with zero attached hydrogens (tertiary/aromatic N) is 2. The van der Waals surface area contributed by atoms with Gasteiger partial charge >= 0.3 is 0 Å². The van der Waals surface area contributed by atoms with Crippen LogP contribution < -0.4 is 9.64 Å². The number of hydrogen-bond donors (Lipinski definition) is 0. The Morgan fingerprint density at radius 3 is 2.40 bits per heavy atom. The van der Waals surface area contributed by atoms with Crippen LogP contribution in [0.25, 0.3) is 0 Å². The monoisotopic (exact) mass is 360 g/mol. The van der Waals surface area contributed by atoms with E-state index in [-0.39, 0.29) is 6.04 Å². The van der Waals surface area contributed by atoms with Gasteiger partial charge in [-0.25, -0.2) is 8.42 Å². The van der Waals surface area contributed by atoms with Gasteiger partial charge < -0.3 is 9.64 Å². The molecule has 134 valence electrons. The molecule has 6 heteroatoms. The quantitative estimate of drug-likeness (QED) is 0.841. The van der Waals surface area contributed by atoms with Crippen molar-refractivity contribution >= 4 is 15.7 Å². The molecule has 0 aromatic heterocycles. The van der Waals surface area contributed by atoms with Gasteiger partial charge in [-0.05, 0) is 55.8 Å². The lowest BCUT2D eigenvalue weighted by Gasteiger charge is -2.40. The van der Waals surface area contributed by atoms with Crippen LogP contribution in [0.4, 0.5) is 5.69 Å². The normalized spacial score (nSPS) is 19.0. The maximum atomic E-state index is 12.9. The summed E-state index contributed by atoms with van der Waals surface area (Å²) in [5.41, 5.74) is 2.35. The third-order valence-electron chi connectivity index (χ3n) is 4.62. The average molecular weight is 360 g/mol. The second-order valence-corrected chi connectivity index (χ2v) is 8.36. The van der Waals surface area contributed by atoms with E-state index in [1.54, 1.807) is 35.7 Å². The third kappa shape index (κ3) is 3.65. The molecule has 0 radical (unpaired) electrons. The van der Waals surface area contributed by atoms with Gasteiger partial charge in [0.1, 0.15) is 5.75 Å². The number of ether oxygens (including phenoxy) is 1. The van der Waals surface area contributed by atoms with Crippen molar-refractivity contribution in [2.75, 3.05) is 31.6 Å². The maximum Gasteiger partial charge on any atom is 0.243 e. The molecule has 1 saturated heterocycles. The Balaban J connectivity index is 1.77. The van der Waals surface area contributed by atoms with E-state index in [0.717, 1.165) is 5.69 Å². The van der Waals surface area contributed by atoms with Crippen molar-refractivity contribution in [1.82, 2.24) is 4.31 Å². The second-order valence-electron chi connectivity index (χ2n) is 6.42. The van der Waals surface area contributed by atoms with Gasteiger partial charge in [0.05, 0.1) is 12.0 Å². The Morgan fingerprint density at radius 1 is 1.08 bits per heavy atom. The number of rotatable bonds is 4. The highest BCUT2D eigenvalue weighted by atomic mass is 32.2. The van der Waals surface area contributed by atoms with E-state index in [1.165, 1.54) is 5.56 Å². The minimum Gasteiger partial charge on any atom is -0.497 e. The Bertz CT molecular complexity index is 834. The number of aryl methyl sites for hydroxylation is 1. The van der Waals surface area contributed by atoms with Crippen LogP contribution in [0.1, 0.15) is 12.5 Å². The molecule has 1 unspecified atom stereocenters. The largest absolute Gasteiger partial charge is 0.497 e. The number of methoxy groups -OCH3 is 1.